The Hall–Kier alpha value is -4.86. The summed E-state index contributed by atoms with van der Waals surface area (Å²) in [6.45, 7) is 6.06. The number of carbonyl (C=O) groups is 1. The zero-order valence-electron chi connectivity index (χ0n) is 23.3. The monoisotopic (exact) mass is 545 g/mol. The van der Waals surface area contributed by atoms with E-state index >= 15 is 0 Å². The highest BCUT2D eigenvalue weighted by molar-refractivity contribution is 5.93. The molecule has 10 nitrogen and oxygen atoms in total. The number of hydrogen-bond acceptors (Lipinski definition) is 9. The van der Waals surface area contributed by atoms with Gasteiger partial charge in [0.25, 0.3) is 5.56 Å². The summed E-state index contributed by atoms with van der Waals surface area (Å²) in [6, 6.07) is 15.2. The molecule has 0 saturated heterocycles. The van der Waals surface area contributed by atoms with Gasteiger partial charge in [0.2, 0.25) is 5.75 Å². The first kappa shape index (κ1) is 28.2. The van der Waals surface area contributed by atoms with Gasteiger partial charge in [-0.25, -0.2) is 9.78 Å². The minimum absolute atomic E-state index is 0.0366. The van der Waals surface area contributed by atoms with E-state index in [4.69, 9.17) is 23.7 Å². The van der Waals surface area contributed by atoms with Crippen molar-refractivity contribution in [2.45, 2.75) is 26.7 Å². The molecule has 4 rings (SSSR count). The van der Waals surface area contributed by atoms with Crippen molar-refractivity contribution in [3.63, 3.8) is 0 Å². The Bertz CT molecular complexity index is 1600. The van der Waals surface area contributed by atoms with E-state index in [-0.39, 0.29) is 22.8 Å². The van der Waals surface area contributed by atoms with Gasteiger partial charge >= 0.3 is 5.97 Å². The van der Waals surface area contributed by atoms with Gasteiger partial charge in [-0.05, 0) is 55.0 Å². The lowest BCUT2D eigenvalue weighted by Gasteiger charge is -2.15. The number of ether oxygens (including phenoxy) is 5. The smallest absolute Gasteiger partial charge is 0.343 e. The first-order chi connectivity index (χ1) is 19.3. The summed E-state index contributed by atoms with van der Waals surface area (Å²) in [5, 5.41) is 4.93. The molecule has 0 saturated carbocycles. The van der Waals surface area contributed by atoms with Crippen molar-refractivity contribution in [1.29, 1.82) is 0 Å². The van der Waals surface area contributed by atoms with Crippen LogP contribution in [0.2, 0.25) is 0 Å². The number of carbonyl (C=O) groups excluding carboxylic acids is 1. The maximum Gasteiger partial charge on any atom is 0.343 e. The molecule has 0 aliphatic rings. The number of fused-ring (bicyclic) bond motifs is 1. The fourth-order valence-electron chi connectivity index (χ4n) is 4.07. The predicted octanol–water partition coefficient (Wildman–Crippen LogP) is 5.05. The molecule has 1 heterocycles. The molecule has 0 spiro atoms. The van der Waals surface area contributed by atoms with Crippen LogP contribution in [0.4, 0.5) is 0 Å². The third-order valence-electron chi connectivity index (χ3n) is 5.99. The van der Waals surface area contributed by atoms with E-state index in [0.29, 0.717) is 51.9 Å². The second-order valence-electron chi connectivity index (χ2n) is 8.95. The molecule has 208 valence electrons. The maximum absolute atomic E-state index is 13.2. The third kappa shape index (κ3) is 5.75. The molecule has 10 heteroatoms. The van der Waals surface area contributed by atoms with Crippen LogP contribution in [0.5, 0.6) is 28.7 Å². The molecule has 40 heavy (non-hydrogen) atoms. The normalized spacial score (nSPS) is 11.2. The number of para-hydroxylation sites is 1. The molecular formula is C30H31N3O7. The lowest BCUT2D eigenvalue weighted by molar-refractivity contribution is 0.0727. The van der Waals surface area contributed by atoms with Gasteiger partial charge in [-0.2, -0.15) is 9.78 Å². The Morgan fingerprint density at radius 2 is 1.65 bits per heavy atom. The van der Waals surface area contributed by atoms with Crippen LogP contribution in [0.1, 0.15) is 48.4 Å². The average Bonchev–Trinajstić information content (AvgIpc) is 2.96. The van der Waals surface area contributed by atoms with Gasteiger partial charge in [-0.3, -0.25) is 4.79 Å². The fourth-order valence-corrected chi connectivity index (χ4v) is 4.07. The molecule has 0 bridgehead atoms. The molecule has 0 atom stereocenters. The standard InChI is InChI=1S/C30H31N3O7/c1-7-39-24-14-19(17-31-33-28(18(2)3)32-22-11-9-8-10-21(22)29(33)34)12-13-23(24)40-30(35)20-15-25(36-4)27(38-6)26(16-20)37-5/h8-18H,7H2,1-6H3. The molecular weight excluding hydrogens is 514 g/mol. The van der Waals surface area contributed by atoms with Gasteiger partial charge < -0.3 is 23.7 Å². The molecule has 0 radical (unpaired) electrons. The van der Waals surface area contributed by atoms with Crippen LogP contribution in [-0.4, -0.2) is 49.8 Å². The molecule has 0 aliphatic heterocycles. The van der Waals surface area contributed by atoms with E-state index in [1.807, 2.05) is 32.9 Å². The van der Waals surface area contributed by atoms with E-state index in [2.05, 4.69) is 10.1 Å². The molecule has 0 fully saturated rings. The van der Waals surface area contributed by atoms with Gasteiger partial charge in [-0.15, -0.1) is 0 Å². The van der Waals surface area contributed by atoms with Crippen molar-refractivity contribution in [3.05, 3.63) is 81.9 Å². The summed E-state index contributed by atoms with van der Waals surface area (Å²) in [6.07, 6.45) is 1.54. The van der Waals surface area contributed by atoms with E-state index in [1.54, 1.807) is 30.3 Å². The zero-order chi connectivity index (χ0) is 28.8. The fraction of sp³-hybridized carbons (Fsp3) is 0.267. The topological polar surface area (TPSA) is 110 Å². The first-order valence-corrected chi connectivity index (χ1v) is 12.7. The van der Waals surface area contributed by atoms with Crippen LogP contribution in [0.15, 0.2) is 64.5 Å². The van der Waals surface area contributed by atoms with Crippen molar-refractivity contribution in [3.8, 4) is 28.7 Å². The van der Waals surface area contributed by atoms with Crippen LogP contribution in [0, 0.1) is 0 Å². The van der Waals surface area contributed by atoms with Gasteiger partial charge in [0.1, 0.15) is 5.82 Å². The van der Waals surface area contributed by atoms with Crippen LogP contribution in [-0.2, 0) is 0 Å². The van der Waals surface area contributed by atoms with Gasteiger partial charge in [0, 0.05) is 5.92 Å². The van der Waals surface area contributed by atoms with Crippen LogP contribution >= 0.6 is 0 Å². The van der Waals surface area contributed by atoms with E-state index in [0.717, 1.165) is 0 Å². The molecule has 0 amide bonds. The lowest BCUT2D eigenvalue weighted by Crippen LogP contribution is -2.23. The number of esters is 1. The molecule has 0 N–H and O–H groups in total. The second kappa shape index (κ2) is 12.3. The average molecular weight is 546 g/mol. The van der Waals surface area contributed by atoms with Crippen LogP contribution < -0.4 is 29.2 Å². The molecule has 0 aliphatic carbocycles. The summed E-state index contributed by atoms with van der Waals surface area (Å²) < 4.78 is 28.7. The quantitative estimate of drug-likeness (QED) is 0.155. The largest absolute Gasteiger partial charge is 0.493 e. The molecule has 4 aromatic rings. The summed E-state index contributed by atoms with van der Waals surface area (Å²) in [5.74, 6) is 1.42. The maximum atomic E-state index is 13.2. The Morgan fingerprint density at radius 3 is 2.27 bits per heavy atom. The van der Waals surface area contributed by atoms with Gasteiger partial charge in [0.05, 0.1) is 50.6 Å². The Balaban J connectivity index is 1.66. The minimum Gasteiger partial charge on any atom is -0.493 e. The Kier molecular flexibility index (Phi) is 8.68. The number of rotatable bonds is 10. The zero-order valence-corrected chi connectivity index (χ0v) is 23.3. The first-order valence-electron chi connectivity index (χ1n) is 12.7. The number of hydrogen-bond donors (Lipinski definition) is 0. The highest BCUT2D eigenvalue weighted by Gasteiger charge is 2.20. The van der Waals surface area contributed by atoms with Crippen LogP contribution in [0.3, 0.4) is 0 Å². The van der Waals surface area contributed by atoms with Crippen LogP contribution in [0.25, 0.3) is 10.9 Å². The van der Waals surface area contributed by atoms with Gasteiger partial charge in [0.15, 0.2) is 23.0 Å². The summed E-state index contributed by atoms with van der Waals surface area (Å²) in [5.41, 5.74) is 1.20. The van der Waals surface area contributed by atoms with Crippen molar-refractivity contribution >= 4 is 23.1 Å². The Labute approximate surface area is 231 Å². The predicted molar refractivity (Wildman–Crippen MR) is 152 cm³/mol. The SMILES string of the molecule is CCOc1cc(C=Nn2c(C(C)C)nc3ccccc3c2=O)ccc1OC(=O)c1cc(OC)c(OC)c(OC)c1. The molecule has 3 aromatic carbocycles. The van der Waals surface area contributed by atoms with Crippen molar-refractivity contribution in [2.24, 2.45) is 5.10 Å². The highest BCUT2D eigenvalue weighted by atomic mass is 16.6. The summed E-state index contributed by atoms with van der Waals surface area (Å²) in [4.78, 5) is 30.9. The van der Waals surface area contributed by atoms with Crippen molar-refractivity contribution in [1.82, 2.24) is 9.66 Å². The number of benzene rings is 3. The molecule has 1 aromatic heterocycles. The number of methoxy groups -OCH3 is 3. The summed E-state index contributed by atoms with van der Waals surface area (Å²) >= 11 is 0. The number of aromatic nitrogens is 2. The van der Waals surface area contributed by atoms with Crippen molar-refractivity contribution < 1.29 is 28.5 Å². The summed E-state index contributed by atoms with van der Waals surface area (Å²) in [7, 11) is 4.41. The number of nitrogens with zero attached hydrogens (tertiary/aromatic N) is 3. The van der Waals surface area contributed by atoms with E-state index < -0.39 is 5.97 Å². The van der Waals surface area contributed by atoms with Gasteiger partial charge in [-0.1, -0.05) is 26.0 Å². The lowest BCUT2D eigenvalue weighted by atomic mass is 10.1. The van der Waals surface area contributed by atoms with Crippen molar-refractivity contribution in [2.75, 3.05) is 27.9 Å². The van der Waals surface area contributed by atoms with E-state index in [1.165, 1.54) is 44.4 Å². The molecule has 0 unspecified atom stereocenters. The highest BCUT2D eigenvalue weighted by Crippen LogP contribution is 2.39. The second-order valence-corrected chi connectivity index (χ2v) is 8.95. The van der Waals surface area contributed by atoms with E-state index in [9.17, 15) is 9.59 Å². The minimum atomic E-state index is -0.642. The Morgan fingerprint density at radius 1 is 0.950 bits per heavy atom. The third-order valence-corrected chi connectivity index (χ3v) is 5.99.